The van der Waals surface area contributed by atoms with E-state index in [2.05, 4.69) is 10.6 Å². The van der Waals surface area contributed by atoms with Crippen LogP contribution in [-0.2, 0) is 14.3 Å². The van der Waals surface area contributed by atoms with Gasteiger partial charge in [-0.2, -0.15) is 0 Å². The lowest BCUT2D eigenvalue weighted by Crippen LogP contribution is -2.54. The first-order valence-electron chi connectivity index (χ1n) is 5.85. The van der Waals surface area contributed by atoms with Crippen molar-refractivity contribution in [1.82, 2.24) is 10.6 Å². The van der Waals surface area contributed by atoms with E-state index in [9.17, 15) is 9.59 Å². The number of carboxylic acid groups (broad SMARTS) is 1. The Bertz CT molecular complexity index is 275. The first-order valence-corrected chi connectivity index (χ1v) is 5.85. The summed E-state index contributed by atoms with van der Waals surface area (Å²) < 4.78 is 4.83. The maximum Gasteiger partial charge on any atom is 0.329 e. The van der Waals surface area contributed by atoms with Crippen LogP contribution in [0.1, 0.15) is 25.7 Å². The summed E-state index contributed by atoms with van der Waals surface area (Å²) in [4.78, 5) is 22.8. The summed E-state index contributed by atoms with van der Waals surface area (Å²) in [6.07, 6.45) is 2.74. The van der Waals surface area contributed by atoms with Gasteiger partial charge in [0.25, 0.3) is 0 Å². The molecule has 3 N–H and O–H groups in total. The number of methoxy groups -OCH3 is 1. The van der Waals surface area contributed by atoms with E-state index in [1.165, 1.54) is 0 Å². The molecule has 1 fully saturated rings. The molecule has 1 aliphatic carbocycles. The summed E-state index contributed by atoms with van der Waals surface area (Å²) in [7, 11) is 1.58. The summed E-state index contributed by atoms with van der Waals surface area (Å²) in [5, 5.41) is 14.7. The van der Waals surface area contributed by atoms with Gasteiger partial charge in [0.15, 0.2) is 0 Å². The number of nitrogens with one attached hydrogen (secondary N) is 2. The number of amides is 1. The first kappa shape index (κ1) is 13.9. The monoisotopic (exact) mass is 244 g/mol. The van der Waals surface area contributed by atoms with Crippen molar-refractivity contribution in [3.63, 3.8) is 0 Å². The van der Waals surface area contributed by atoms with Gasteiger partial charge in [0.05, 0.1) is 13.2 Å². The van der Waals surface area contributed by atoms with Gasteiger partial charge in [-0.3, -0.25) is 4.79 Å². The van der Waals surface area contributed by atoms with Crippen molar-refractivity contribution in [2.24, 2.45) is 0 Å². The van der Waals surface area contributed by atoms with Gasteiger partial charge in [0, 0.05) is 13.7 Å². The molecule has 1 rings (SSSR count). The molecule has 0 aromatic heterocycles. The van der Waals surface area contributed by atoms with Crippen LogP contribution in [0, 0.1) is 0 Å². The number of ether oxygens (including phenoxy) is 1. The summed E-state index contributed by atoms with van der Waals surface area (Å²) >= 11 is 0. The van der Waals surface area contributed by atoms with Gasteiger partial charge in [-0.05, 0) is 12.8 Å². The smallest absolute Gasteiger partial charge is 0.329 e. The predicted molar refractivity (Wildman–Crippen MR) is 61.7 cm³/mol. The van der Waals surface area contributed by atoms with Crippen molar-refractivity contribution in [3.05, 3.63) is 0 Å². The molecule has 6 nitrogen and oxygen atoms in total. The first-order chi connectivity index (χ1) is 8.10. The fourth-order valence-electron chi connectivity index (χ4n) is 2.06. The van der Waals surface area contributed by atoms with Crippen molar-refractivity contribution < 1.29 is 19.4 Å². The van der Waals surface area contributed by atoms with Gasteiger partial charge in [0.2, 0.25) is 5.91 Å². The van der Waals surface area contributed by atoms with E-state index >= 15 is 0 Å². The molecule has 1 saturated carbocycles. The maximum atomic E-state index is 11.6. The topological polar surface area (TPSA) is 87.7 Å². The minimum absolute atomic E-state index is 0.123. The average Bonchev–Trinajstić information content (AvgIpc) is 2.74. The second-order valence-electron chi connectivity index (χ2n) is 4.31. The number of rotatable bonds is 7. The van der Waals surface area contributed by atoms with E-state index in [-0.39, 0.29) is 12.5 Å². The van der Waals surface area contributed by atoms with Gasteiger partial charge < -0.3 is 20.5 Å². The largest absolute Gasteiger partial charge is 0.480 e. The van der Waals surface area contributed by atoms with E-state index in [1.54, 1.807) is 7.11 Å². The van der Waals surface area contributed by atoms with E-state index < -0.39 is 11.5 Å². The Morgan fingerprint density at radius 3 is 2.53 bits per heavy atom. The molecular weight excluding hydrogens is 224 g/mol. The fourth-order valence-corrected chi connectivity index (χ4v) is 2.06. The van der Waals surface area contributed by atoms with Crippen LogP contribution in [-0.4, -0.2) is 49.3 Å². The molecule has 0 aliphatic heterocycles. The molecule has 0 saturated heterocycles. The van der Waals surface area contributed by atoms with Crippen LogP contribution in [0.4, 0.5) is 0 Å². The van der Waals surface area contributed by atoms with E-state index in [0.717, 1.165) is 12.8 Å². The predicted octanol–water partition coefficient (Wildman–Crippen LogP) is -0.264. The van der Waals surface area contributed by atoms with Gasteiger partial charge in [-0.1, -0.05) is 12.8 Å². The molecule has 0 bridgehead atoms. The maximum absolute atomic E-state index is 11.6. The molecule has 0 spiro atoms. The molecular formula is C11H20N2O4. The second-order valence-corrected chi connectivity index (χ2v) is 4.31. The normalized spacial score (nSPS) is 17.9. The Balaban J connectivity index is 2.35. The molecule has 6 heteroatoms. The zero-order chi connectivity index (χ0) is 12.7. The van der Waals surface area contributed by atoms with Crippen molar-refractivity contribution in [2.45, 2.75) is 31.2 Å². The van der Waals surface area contributed by atoms with Crippen LogP contribution in [0.15, 0.2) is 0 Å². The zero-order valence-electron chi connectivity index (χ0n) is 10.1. The summed E-state index contributed by atoms with van der Waals surface area (Å²) in [5.41, 5.74) is -1.04. The average molecular weight is 244 g/mol. The minimum Gasteiger partial charge on any atom is -0.480 e. The Morgan fingerprint density at radius 1 is 1.35 bits per heavy atom. The van der Waals surface area contributed by atoms with Crippen LogP contribution in [0.5, 0.6) is 0 Å². The number of hydrogen-bond donors (Lipinski definition) is 3. The Morgan fingerprint density at radius 2 is 2.00 bits per heavy atom. The third-order valence-electron chi connectivity index (χ3n) is 3.01. The van der Waals surface area contributed by atoms with Crippen LogP contribution >= 0.6 is 0 Å². The van der Waals surface area contributed by atoms with Crippen molar-refractivity contribution >= 4 is 11.9 Å². The molecule has 0 radical (unpaired) electrons. The van der Waals surface area contributed by atoms with Crippen LogP contribution in [0.3, 0.4) is 0 Å². The summed E-state index contributed by atoms with van der Waals surface area (Å²) in [5.74, 6) is -1.20. The Labute approximate surface area is 101 Å². The highest BCUT2D eigenvalue weighted by molar-refractivity contribution is 5.88. The van der Waals surface area contributed by atoms with Gasteiger partial charge in [-0.15, -0.1) is 0 Å². The molecule has 0 aromatic carbocycles. The molecule has 1 aliphatic rings. The number of carbonyl (C=O) groups excluding carboxylic acids is 1. The molecule has 0 aromatic rings. The third-order valence-corrected chi connectivity index (χ3v) is 3.01. The van der Waals surface area contributed by atoms with Crippen molar-refractivity contribution in [3.8, 4) is 0 Å². The van der Waals surface area contributed by atoms with Crippen LogP contribution in [0.2, 0.25) is 0 Å². The third kappa shape index (κ3) is 3.98. The number of hydrogen-bond acceptors (Lipinski definition) is 4. The molecule has 0 atom stereocenters. The van der Waals surface area contributed by atoms with Crippen LogP contribution < -0.4 is 10.6 Å². The second kappa shape index (κ2) is 6.56. The van der Waals surface area contributed by atoms with E-state index in [0.29, 0.717) is 26.0 Å². The standard InChI is InChI=1S/C11H20N2O4/c1-17-7-6-12-8-9(14)13-11(10(15)16)4-2-3-5-11/h12H,2-8H2,1H3,(H,13,14)(H,15,16). The Kier molecular flexibility index (Phi) is 5.37. The van der Waals surface area contributed by atoms with Crippen LogP contribution in [0.25, 0.3) is 0 Å². The molecule has 98 valence electrons. The van der Waals surface area contributed by atoms with Gasteiger partial charge >= 0.3 is 5.97 Å². The molecule has 0 unspecified atom stereocenters. The minimum atomic E-state index is -1.04. The number of carboxylic acids is 1. The number of aliphatic carboxylic acids is 1. The number of carbonyl (C=O) groups is 2. The van der Waals surface area contributed by atoms with Gasteiger partial charge in [0.1, 0.15) is 5.54 Å². The summed E-state index contributed by atoms with van der Waals surface area (Å²) in [6, 6.07) is 0. The van der Waals surface area contributed by atoms with E-state index in [4.69, 9.17) is 9.84 Å². The lowest BCUT2D eigenvalue weighted by atomic mass is 9.98. The van der Waals surface area contributed by atoms with E-state index in [1.807, 2.05) is 0 Å². The highest BCUT2D eigenvalue weighted by Gasteiger charge is 2.42. The summed E-state index contributed by atoms with van der Waals surface area (Å²) in [6.45, 7) is 1.22. The SMILES string of the molecule is COCCNCC(=O)NC1(C(=O)O)CCCC1. The lowest BCUT2D eigenvalue weighted by Gasteiger charge is -2.25. The van der Waals surface area contributed by atoms with Crippen molar-refractivity contribution in [2.75, 3.05) is 26.8 Å². The quantitative estimate of drug-likeness (QED) is 0.537. The van der Waals surface area contributed by atoms with Crippen molar-refractivity contribution in [1.29, 1.82) is 0 Å². The molecule has 17 heavy (non-hydrogen) atoms. The highest BCUT2D eigenvalue weighted by Crippen LogP contribution is 2.29. The van der Waals surface area contributed by atoms with Gasteiger partial charge in [-0.25, -0.2) is 4.79 Å². The zero-order valence-corrected chi connectivity index (χ0v) is 10.1. The molecule has 0 heterocycles. The molecule has 1 amide bonds. The lowest BCUT2D eigenvalue weighted by molar-refractivity contribution is -0.147. The Hall–Kier alpha value is -1.14. The fraction of sp³-hybridized carbons (Fsp3) is 0.818. The highest BCUT2D eigenvalue weighted by atomic mass is 16.5.